The number of fused-ring (bicyclic) bond motifs is 1. The van der Waals surface area contributed by atoms with Crippen molar-refractivity contribution in [3.63, 3.8) is 0 Å². The third kappa shape index (κ3) is 4.55. The average molecular weight is 428 g/mol. The maximum Gasteiger partial charge on any atom is 0.233 e. The Balaban J connectivity index is 1.31. The highest BCUT2D eigenvalue weighted by molar-refractivity contribution is 7.99. The molecular formula is C21H25N5OS2. The average Bonchev–Trinajstić information content (AvgIpc) is 3.01. The highest BCUT2D eigenvalue weighted by Crippen LogP contribution is 2.33. The number of nitrogen functional groups attached to an aromatic ring is 1. The van der Waals surface area contributed by atoms with Crippen molar-refractivity contribution in [1.82, 2.24) is 19.8 Å². The van der Waals surface area contributed by atoms with Crippen molar-refractivity contribution in [3.05, 3.63) is 46.3 Å². The van der Waals surface area contributed by atoms with E-state index < -0.39 is 0 Å². The van der Waals surface area contributed by atoms with Crippen LogP contribution in [0.5, 0.6) is 0 Å². The molecule has 29 heavy (non-hydrogen) atoms. The predicted molar refractivity (Wildman–Crippen MR) is 120 cm³/mol. The monoisotopic (exact) mass is 427 g/mol. The van der Waals surface area contributed by atoms with Gasteiger partial charge in [0.25, 0.3) is 0 Å². The number of aromatic nitrogens is 2. The second-order valence-electron chi connectivity index (χ2n) is 7.29. The fourth-order valence-electron chi connectivity index (χ4n) is 3.54. The Morgan fingerprint density at radius 1 is 1.14 bits per heavy atom. The van der Waals surface area contributed by atoms with Gasteiger partial charge < -0.3 is 10.6 Å². The molecular weight excluding hydrogens is 402 g/mol. The Labute approximate surface area is 179 Å². The minimum atomic E-state index is 0.134. The lowest BCUT2D eigenvalue weighted by Crippen LogP contribution is -2.48. The van der Waals surface area contributed by atoms with E-state index in [1.54, 1.807) is 11.3 Å². The van der Waals surface area contributed by atoms with Gasteiger partial charge in [-0.3, -0.25) is 9.69 Å². The number of carbonyl (C=O) groups excluding carboxylic acids is 1. The predicted octanol–water partition coefficient (Wildman–Crippen LogP) is 3.33. The number of nitrogens with two attached hydrogens (primary N) is 1. The van der Waals surface area contributed by atoms with Crippen molar-refractivity contribution >= 4 is 45.0 Å². The molecule has 3 heterocycles. The van der Waals surface area contributed by atoms with Crippen LogP contribution in [0.15, 0.2) is 35.5 Å². The summed E-state index contributed by atoms with van der Waals surface area (Å²) in [6, 6.07) is 10.5. The van der Waals surface area contributed by atoms with E-state index in [9.17, 15) is 4.79 Å². The molecule has 0 spiro atoms. The zero-order valence-electron chi connectivity index (χ0n) is 16.7. The number of thiophene rings is 1. The van der Waals surface area contributed by atoms with Crippen LogP contribution in [0.3, 0.4) is 0 Å². The number of thioether (sulfide) groups is 1. The lowest BCUT2D eigenvalue weighted by Gasteiger charge is -2.34. The largest absolute Gasteiger partial charge is 0.383 e. The first-order valence-electron chi connectivity index (χ1n) is 9.71. The Bertz CT molecular complexity index is 1010. The molecule has 8 heteroatoms. The molecule has 1 aliphatic heterocycles. The number of anilines is 1. The normalized spacial score (nSPS) is 15.2. The number of benzene rings is 1. The molecule has 2 aromatic heterocycles. The first-order valence-corrected chi connectivity index (χ1v) is 11.5. The van der Waals surface area contributed by atoms with Crippen LogP contribution in [0.1, 0.15) is 16.0 Å². The Kier molecular flexibility index (Phi) is 6.03. The van der Waals surface area contributed by atoms with E-state index >= 15 is 0 Å². The number of hydrogen-bond donors (Lipinski definition) is 1. The van der Waals surface area contributed by atoms with Gasteiger partial charge in [-0.25, -0.2) is 9.97 Å². The maximum atomic E-state index is 12.6. The van der Waals surface area contributed by atoms with Crippen LogP contribution in [0.4, 0.5) is 5.82 Å². The van der Waals surface area contributed by atoms with Gasteiger partial charge in [0.15, 0.2) is 5.16 Å². The molecule has 1 aliphatic rings. The summed E-state index contributed by atoms with van der Waals surface area (Å²) in [5, 5.41) is 1.52. The van der Waals surface area contributed by atoms with E-state index in [2.05, 4.69) is 46.1 Å². The summed E-state index contributed by atoms with van der Waals surface area (Å²) >= 11 is 2.99. The van der Waals surface area contributed by atoms with Gasteiger partial charge in [0.2, 0.25) is 5.91 Å². The van der Waals surface area contributed by atoms with E-state index in [1.807, 2.05) is 17.9 Å². The molecule has 0 radical (unpaired) electrons. The standard InChI is InChI=1S/C21H25N5OS2/c1-14-15(2)29-20-18(14)19(22)23-21(24-20)28-13-17(27)26-10-8-25(9-11-26)12-16-6-4-3-5-7-16/h3-7H,8-13H2,1-2H3,(H2,22,23,24). The molecule has 0 aliphatic carbocycles. The van der Waals surface area contributed by atoms with Gasteiger partial charge in [0.05, 0.1) is 11.1 Å². The van der Waals surface area contributed by atoms with E-state index in [0.29, 0.717) is 16.7 Å². The molecule has 0 atom stereocenters. The van der Waals surface area contributed by atoms with Crippen LogP contribution >= 0.6 is 23.1 Å². The van der Waals surface area contributed by atoms with E-state index in [-0.39, 0.29) is 5.91 Å². The fourth-order valence-corrected chi connectivity index (χ4v) is 5.39. The molecule has 152 valence electrons. The topological polar surface area (TPSA) is 75.4 Å². The van der Waals surface area contributed by atoms with Crippen LogP contribution in [-0.4, -0.2) is 57.6 Å². The summed E-state index contributed by atoms with van der Waals surface area (Å²) < 4.78 is 0. The van der Waals surface area contributed by atoms with Crippen LogP contribution < -0.4 is 5.73 Å². The first kappa shape index (κ1) is 20.1. The van der Waals surface area contributed by atoms with Gasteiger partial charge in [-0.2, -0.15) is 0 Å². The smallest absolute Gasteiger partial charge is 0.233 e. The number of hydrogen-bond acceptors (Lipinski definition) is 7. The number of nitrogens with zero attached hydrogens (tertiary/aromatic N) is 4. The van der Waals surface area contributed by atoms with Crippen LogP contribution in [0.2, 0.25) is 0 Å². The number of aryl methyl sites for hydroxylation is 2. The third-order valence-electron chi connectivity index (χ3n) is 5.33. The summed E-state index contributed by atoms with van der Waals surface area (Å²) in [5.74, 6) is 0.976. The molecule has 1 fully saturated rings. The fraction of sp³-hybridized carbons (Fsp3) is 0.381. The van der Waals surface area contributed by atoms with Gasteiger partial charge >= 0.3 is 0 Å². The lowest BCUT2D eigenvalue weighted by atomic mass is 10.2. The highest BCUT2D eigenvalue weighted by Gasteiger charge is 2.22. The molecule has 0 unspecified atom stereocenters. The highest BCUT2D eigenvalue weighted by atomic mass is 32.2. The molecule has 1 amide bonds. The molecule has 2 N–H and O–H groups in total. The molecule has 4 rings (SSSR count). The maximum absolute atomic E-state index is 12.6. The summed E-state index contributed by atoms with van der Waals surface area (Å²) in [5.41, 5.74) is 8.59. The lowest BCUT2D eigenvalue weighted by molar-refractivity contribution is -0.130. The van der Waals surface area contributed by atoms with Crippen LogP contribution in [0, 0.1) is 13.8 Å². The molecule has 0 bridgehead atoms. The van der Waals surface area contributed by atoms with Crippen molar-refractivity contribution in [2.45, 2.75) is 25.5 Å². The Morgan fingerprint density at radius 2 is 1.86 bits per heavy atom. The second kappa shape index (κ2) is 8.69. The van der Waals surface area contributed by atoms with Gasteiger partial charge in [-0.1, -0.05) is 42.1 Å². The van der Waals surface area contributed by atoms with Crippen molar-refractivity contribution in [2.75, 3.05) is 37.7 Å². The van der Waals surface area contributed by atoms with Gasteiger partial charge in [0, 0.05) is 37.6 Å². The zero-order chi connectivity index (χ0) is 20.4. The Hall–Kier alpha value is -2.16. The number of carbonyl (C=O) groups is 1. The van der Waals surface area contributed by atoms with E-state index in [0.717, 1.165) is 48.5 Å². The van der Waals surface area contributed by atoms with E-state index in [1.165, 1.54) is 22.2 Å². The Morgan fingerprint density at radius 3 is 2.59 bits per heavy atom. The molecule has 0 saturated carbocycles. The summed E-state index contributed by atoms with van der Waals surface area (Å²) in [4.78, 5) is 28.1. The van der Waals surface area contributed by atoms with Crippen molar-refractivity contribution < 1.29 is 4.79 Å². The molecule has 3 aromatic rings. The minimum absolute atomic E-state index is 0.134. The first-order chi connectivity index (χ1) is 14.0. The molecule has 1 aromatic carbocycles. The number of rotatable bonds is 5. The summed E-state index contributed by atoms with van der Waals surface area (Å²) in [6.45, 7) is 8.36. The number of piperazine rings is 1. The number of amides is 1. The van der Waals surface area contributed by atoms with Crippen molar-refractivity contribution in [2.24, 2.45) is 0 Å². The minimum Gasteiger partial charge on any atom is -0.383 e. The van der Waals surface area contributed by atoms with Gasteiger partial charge in [-0.15, -0.1) is 11.3 Å². The van der Waals surface area contributed by atoms with Crippen LogP contribution in [0.25, 0.3) is 10.2 Å². The van der Waals surface area contributed by atoms with E-state index in [4.69, 9.17) is 5.73 Å². The SMILES string of the molecule is Cc1sc2nc(SCC(=O)N3CCN(Cc4ccccc4)CC3)nc(N)c2c1C. The third-order valence-corrected chi connectivity index (χ3v) is 7.27. The summed E-state index contributed by atoms with van der Waals surface area (Å²) in [6.07, 6.45) is 0. The van der Waals surface area contributed by atoms with Crippen LogP contribution in [-0.2, 0) is 11.3 Å². The van der Waals surface area contributed by atoms with Gasteiger partial charge in [-0.05, 0) is 25.0 Å². The quantitative estimate of drug-likeness (QED) is 0.497. The molecule has 1 saturated heterocycles. The summed E-state index contributed by atoms with van der Waals surface area (Å²) in [7, 11) is 0. The molecule has 6 nitrogen and oxygen atoms in total. The van der Waals surface area contributed by atoms with Crippen molar-refractivity contribution in [1.29, 1.82) is 0 Å². The second-order valence-corrected chi connectivity index (χ2v) is 9.43. The van der Waals surface area contributed by atoms with Gasteiger partial charge in [0.1, 0.15) is 10.6 Å². The van der Waals surface area contributed by atoms with Crippen molar-refractivity contribution in [3.8, 4) is 0 Å². The zero-order valence-corrected chi connectivity index (χ0v) is 18.4.